The number of hydrogen-bond donors (Lipinski definition) is 4. The van der Waals surface area contributed by atoms with Crippen LogP contribution in [0.5, 0.6) is 0 Å². The van der Waals surface area contributed by atoms with Gasteiger partial charge in [-0.25, -0.2) is 4.79 Å². The van der Waals surface area contributed by atoms with Gasteiger partial charge >= 0.3 is 6.09 Å². The normalized spacial score (nSPS) is 15.7. The Morgan fingerprint density at radius 3 is 2.27 bits per heavy atom. The van der Waals surface area contributed by atoms with Gasteiger partial charge in [0.1, 0.15) is 11.6 Å². The standard InChI is InChI=1S/C22H34N4O4/c1-22(2,3)30-21(29)24-18(13-15-7-5-4-6-8-15)20(28)26-25-19(27)17-11-9-16(14-23)10-12-17/h9-12,15,18H,4-8,13-14,23H2,1-3H3,(H,24,29)(H,25,27)(H,26,28)/t18-/m1/s1. The van der Waals surface area contributed by atoms with Gasteiger partial charge in [0.05, 0.1) is 0 Å². The number of carbonyl (C=O) groups is 3. The first-order valence-corrected chi connectivity index (χ1v) is 10.6. The zero-order chi connectivity index (χ0) is 22.1. The molecule has 1 fully saturated rings. The number of rotatable bonds is 6. The maximum absolute atomic E-state index is 12.7. The molecule has 0 aromatic heterocycles. The minimum atomic E-state index is -0.789. The number of amides is 3. The molecule has 1 atom stereocenters. The highest BCUT2D eigenvalue weighted by Gasteiger charge is 2.28. The predicted octanol–water partition coefficient (Wildman–Crippen LogP) is 2.77. The summed E-state index contributed by atoms with van der Waals surface area (Å²) in [5.74, 6) is -0.567. The minimum Gasteiger partial charge on any atom is -0.444 e. The molecule has 1 aliphatic rings. The molecule has 5 N–H and O–H groups in total. The molecule has 3 amide bonds. The summed E-state index contributed by atoms with van der Waals surface area (Å²) in [5.41, 5.74) is 11.0. The first-order valence-electron chi connectivity index (χ1n) is 10.6. The maximum atomic E-state index is 12.7. The number of nitrogens with one attached hydrogen (secondary N) is 3. The average molecular weight is 419 g/mol. The molecule has 30 heavy (non-hydrogen) atoms. The molecule has 1 aromatic rings. The second kappa shape index (κ2) is 11.0. The predicted molar refractivity (Wildman–Crippen MR) is 114 cm³/mol. The smallest absolute Gasteiger partial charge is 0.408 e. The molecule has 1 aromatic carbocycles. The van der Waals surface area contributed by atoms with E-state index in [0.717, 1.165) is 31.2 Å². The second-order valence-electron chi connectivity index (χ2n) is 8.78. The van der Waals surface area contributed by atoms with Gasteiger partial charge in [-0.3, -0.25) is 20.4 Å². The van der Waals surface area contributed by atoms with Crippen LogP contribution in [0.2, 0.25) is 0 Å². The monoisotopic (exact) mass is 418 g/mol. The summed E-state index contributed by atoms with van der Waals surface area (Å²) >= 11 is 0. The minimum absolute atomic E-state index is 0.351. The van der Waals surface area contributed by atoms with Gasteiger partial charge in [0.25, 0.3) is 11.8 Å². The van der Waals surface area contributed by atoms with E-state index in [1.54, 1.807) is 45.0 Å². The lowest BCUT2D eigenvalue weighted by Crippen LogP contribution is -2.53. The molecule has 8 nitrogen and oxygen atoms in total. The van der Waals surface area contributed by atoms with E-state index in [1.165, 1.54) is 6.42 Å². The highest BCUT2D eigenvalue weighted by atomic mass is 16.6. The summed E-state index contributed by atoms with van der Waals surface area (Å²) in [4.78, 5) is 37.3. The van der Waals surface area contributed by atoms with E-state index in [2.05, 4.69) is 16.2 Å². The average Bonchev–Trinajstić information content (AvgIpc) is 2.70. The van der Waals surface area contributed by atoms with Crippen LogP contribution < -0.4 is 21.9 Å². The zero-order valence-electron chi connectivity index (χ0n) is 18.1. The van der Waals surface area contributed by atoms with Crippen molar-refractivity contribution < 1.29 is 19.1 Å². The number of nitrogens with two attached hydrogens (primary N) is 1. The molecule has 1 saturated carbocycles. The van der Waals surface area contributed by atoms with Crippen molar-refractivity contribution in [1.29, 1.82) is 0 Å². The number of hydrogen-bond acceptors (Lipinski definition) is 5. The van der Waals surface area contributed by atoms with Gasteiger partial charge in [-0.2, -0.15) is 0 Å². The fraction of sp³-hybridized carbons (Fsp3) is 0.591. The summed E-state index contributed by atoms with van der Waals surface area (Å²) in [7, 11) is 0. The lowest BCUT2D eigenvalue weighted by Gasteiger charge is -2.27. The Bertz CT molecular complexity index is 722. The molecule has 0 spiro atoms. The van der Waals surface area contributed by atoms with Crippen LogP contribution in [0.4, 0.5) is 4.79 Å². The number of ether oxygens (including phenoxy) is 1. The Kier molecular flexibility index (Phi) is 8.65. The SMILES string of the molecule is CC(C)(C)OC(=O)N[C@H](CC1CCCCC1)C(=O)NNC(=O)c1ccc(CN)cc1. The van der Waals surface area contributed by atoms with Crippen molar-refractivity contribution in [3.8, 4) is 0 Å². The summed E-state index contributed by atoms with van der Waals surface area (Å²) in [6.45, 7) is 5.68. The molecule has 2 rings (SSSR count). The van der Waals surface area contributed by atoms with Crippen LogP contribution in [0.1, 0.15) is 75.2 Å². The Morgan fingerprint density at radius 1 is 1.07 bits per heavy atom. The van der Waals surface area contributed by atoms with Crippen molar-refractivity contribution >= 4 is 17.9 Å². The van der Waals surface area contributed by atoms with E-state index < -0.39 is 29.6 Å². The van der Waals surface area contributed by atoms with Gasteiger partial charge in [0.15, 0.2) is 0 Å². The Labute approximate surface area is 178 Å². The molecular formula is C22H34N4O4. The van der Waals surface area contributed by atoms with Crippen molar-refractivity contribution in [2.75, 3.05) is 0 Å². The number of alkyl carbamates (subject to hydrolysis) is 1. The molecule has 0 unspecified atom stereocenters. The lowest BCUT2D eigenvalue weighted by atomic mass is 9.84. The van der Waals surface area contributed by atoms with E-state index in [-0.39, 0.29) is 0 Å². The fourth-order valence-electron chi connectivity index (χ4n) is 3.51. The third kappa shape index (κ3) is 8.02. The first kappa shape index (κ1) is 23.7. The molecule has 0 bridgehead atoms. The van der Waals surface area contributed by atoms with Crippen LogP contribution >= 0.6 is 0 Å². The van der Waals surface area contributed by atoms with E-state index in [1.807, 2.05) is 0 Å². The molecule has 166 valence electrons. The van der Waals surface area contributed by atoms with Gasteiger partial charge in [-0.1, -0.05) is 44.2 Å². The molecule has 0 aliphatic heterocycles. The maximum Gasteiger partial charge on any atom is 0.408 e. The van der Waals surface area contributed by atoms with Crippen molar-refractivity contribution in [2.24, 2.45) is 11.7 Å². The summed E-state index contributed by atoms with van der Waals surface area (Å²) in [5, 5.41) is 2.66. The number of benzene rings is 1. The van der Waals surface area contributed by atoms with Gasteiger partial charge < -0.3 is 15.8 Å². The molecule has 0 radical (unpaired) electrons. The van der Waals surface area contributed by atoms with Crippen molar-refractivity contribution in [2.45, 2.75) is 77.5 Å². The fourth-order valence-corrected chi connectivity index (χ4v) is 3.51. The van der Waals surface area contributed by atoms with Gasteiger partial charge in [-0.15, -0.1) is 0 Å². The molecule has 0 heterocycles. The Hall–Kier alpha value is -2.61. The van der Waals surface area contributed by atoms with Gasteiger partial charge in [0.2, 0.25) is 0 Å². The summed E-state index contributed by atoms with van der Waals surface area (Å²) in [6.07, 6.45) is 5.36. The number of hydrazine groups is 1. The van der Waals surface area contributed by atoms with Gasteiger partial charge in [-0.05, 0) is 50.8 Å². The van der Waals surface area contributed by atoms with Crippen molar-refractivity contribution in [3.63, 3.8) is 0 Å². The number of carbonyl (C=O) groups excluding carboxylic acids is 3. The second-order valence-corrected chi connectivity index (χ2v) is 8.78. The van der Waals surface area contributed by atoms with Crippen LogP contribution in [-0.2, 0) is 16.1 Å². The van der Waals surface area contributed by atoms with E-state index >= 15 is 0 Å². The highest BCUT2D eigenvalue weighted by molar-refractivity contribution is 5.96. The van der Waals surface area contributed by atoms with Gasteiger partial charge in [0, 0.05) is 12.1 Å². The third-order valence-corrected chi connectivity index (χ3v) is 5.05. The largest absolute Gasteiger partial charge is 0.444 e. The summed E-state index contributed by atoms with van der Waals surface area (Å²) < 4.78 is 5.30. The Morgan fingerprint density at radius 2 is 1.70 bits per heavy atom. The van der Waals surface area contributed by atoms with Crippen LogP contribution in [0.25, 0.3) is 0 Å². The Balaban J connectivity index is 1.97. The molecular weight excluding hydrogens is 384 g/mol. The topological polar surface area (TPSA) is 123 Å². The molecule has 0 saturated heterocycles. The van der Waals surface area contributed by atoms with Crippen molar-refractivity contribution in [1.82, 2.24) is 16.2 Å². The van der Waals surface area contributed by atoms with Crippen molar-refractivity contribution in [3.05, 3.63) is 35.4 Å². The first-order chi connectivity index (χ1) is 14.2. The van der Waals surface area contributed by atoms with Crippen LogP contribution in [0.3, 0.4) is 0 Å². The van der Waals surface area contributed by atoms with E-state index in [4.69, 9.17) is 10.5 Å². The van der Waals surface area contributed by atoms with E-state index in [0.29, 0.717) is 24.4 Å². The highest BCUT2D eigenvalue weighted by Crippen LogP contribution is 2.27. The van der Waals surface area contributed by atoms with Crippen LogP contribution in [0, 0.1) is 5.92 Å². The summed E-state index contributed by atoms with van der Waals surface area (Å²) in [6, 6.07) is 6.01. The quantitative estimate of drug-likeness (QED) is 0.529. The lowest BCUT2D eigenvalue weighted by molar-refractivity contribution is -0.124. The van der Waals surface area contributed by atoms with Crippen LogP contribution in [0.15, 0.2) is 24.3 Å². The molecule has 1 aliphatic carbocycles. The van der Waals surface area contributed by atoms with E-state index in [9.17, 15) is 14.4 Å². The third-order valence-electron chi connectivity index (χ3n) is 5.05. The zero-order valence-corrected chi connectivity index (χ0v) is 18.1. The van der Waals surface area contributed by atoms with Crippen LogP contribution in [-0.4, -0.2) is 29.6 Å². The molecule has 8 heteroatoms.